The third-order valence-electron chi connectivity index (χ3n) is 2.63. The Bertz CT molecular complexity index is 536. The van der Waals surface area contributed by atoms with Gasteiger partial charge in [0.1, 0.15) is 11.5 Å². The molecule has 0 aliphatic carbocycles. The van der Waals surface area contributed by atoms with Crippen LogP contribution in [0.2, 0.25) is 0 Å². The molecule has 3 nitrogen and oxygen atoms in total. The highest BCUT2D eigenvalue weighted by atomic mass is 32.1. The van der Waals surface area contributed by atoms with Gasteiger partial charge in [-0.05, 0) is 29.7 Å². The van der Waals surface area contributed by atoms with Crippen molar-refractivity contribution >= 4 is 23.5 Å². The van der Waals surface area contributed by atoms with Gasteiger partial charge in [-0.25, -0.2) is 0 Å². The summed E-state index contributed by atoms with van der Waals surface area (Å²) in [6.07, 6.45) is 5.52. The summed E-state index contributed by atoms with van der Waals surface area (Å²) < 4.78 is 0. The molecule has 2 N–H and O–H groups in total. The molecule has 4 heteroatoms. The van der Waals surface area contributed by atoms with Gasteiger partial charge in [-0.3, -0.25) is 4.98 Å². The highest BCUT2D eigenvalue weighted by molar-refractivity contribution is 7.10. The van der Waals surface area contributed by atoms with Crippen LogP contribution < -0.4 is 0 Å². The maximum absolute atomic E-state index is 9.90. The summed E-state index contributed by atoms with van der Waals surface area (Å²) in [4.78, 5) is 5.00. The molecule has 94 valence electrons. The summed E-state index contributed by atoms with van der Waals surface area (Å²) in [7, 11) is 0. The van der Waals surface area contributed by atoms with Crippen molar-refractivity contribution in [2.75, 3.05) is 0 Å². The van der Waals surface area contributed by atoms with Gasteiger partial charge in [0.2, 0.25) is 0 Å². The second-order valence-corrected chi connectivity index (χ2v) is 5.28. The van der Waals surface area contributed by atoms with Crippen molar-refractivity contribution in [3.05, 3.63) is 39.8 Å². The van der Waals surface area contributed by atoms with Crippen LogP contribution in [-0.4, -0.2) is 15.2 Å². The summed E-state index contributed by atoms with van der Waals surface area (Å²) >= 11 is 1.54. The van der Waals surface area contributed by atoms with Crippen LogP contribution in [0.25, 0.3) is 12.2 Å². The van der Waals surface area contributed by atoms with Crippen molar-refractivity contribution in [1.29, 1.82) is 0 Å². The molecule has 0 bridgehead atoms. The van der Waals surface area contributed by atoms with Gasteiger partial charge < -0.3 is 10.2 Å². The molecule has 0 amide bonds. The van der Waals surface area contributed by atoms with Crippen molar-refractivity contribution in [3.63, 3.8) is 0 Å². The summed E-state index contributed by atoms with van der Waals surface area (Å²) in [5.74, 6) is 0.354. The fourth-order valence-corrected chi connectivity index (χ4v) is 2.33. The number of thiazole rings is 1. The van der Waals surface area contributed by atoms with E-state index in [0.717, 1.165) is 10.4 Å². The van der Waals surface area contributed by atoms with Crippen LogP contribution in [0.1, 0.15) is 35.8 Å². The van der Waals surface area contributed by atoms with E-state index in [4.69, 9.17) is 0 Å². The molecule has 1 aromatic carbocycles. The van der Waals surface area contributed by atoms with Crippen LogP contribution in [0.3, 0.4) is 0 Å². The van der Waals surface area contributed by atoms with Crippen molar-refractivity contribution in [2.24, 2.45) is 0 Å². The van der Waals surface area contributed by atoms with Gasteiger partial charge in [0.05, 0.1) is 5.51 Å². The second kappa shape index (κ2) is 5.23. The Kier molecular flexibility index (Phi) is 3.67. The molecule has 0 radical (unpaired) electrons. The average Bonchev–Trinajstić information content (AvgIpc) is 2.77. The SMILES string of the molecule is CC(C)c1c(O)cc(C=Cc2cncs2)cc1O. The zero-order valence-electron chi connectivity index (χ0n) is 10.3. The lowest BCUT2D eigenvalue weighted by Crippen LogP contribution is -1.90. The fourth-order valence-electron chi connectivity index (χ4n) is 1.82. The molecule has 0 spiro atoms. The topological polar surface area (TPSA) is 53.4 Å². The largest absolute Gasteiger partial charge is 0.507 e. The lowest BCUT2D eigenvalue weighted by Gasteiger charge is -2.11. The van der Waals surface area contributed by atoms with Gasteiger partial charge in [-0.2, -0.15) is 0 Å². The van der Waals surface area contributed by atoms with Crippen LogP contribution in [0.5, 0.6) is 11.5 Å². The summed E-state index contributed by atoms with van der Waals surface area (Å²) in [5.41, 5.74) is 3.11. The Morgan fingerprint density at radius 1 is 1.17 bits per heavy atom. The van der Waals surface area contributed by atoms with Gasteiger partial charge in [0.15, 0.2) is 0 Å². The third-order valence-corrected chi connectivity index (χ3v) is 3.37. The summed E-state index contributed by atoms with van der Waals surface area (Å²) in [6, 6.07) is 3.32. The van der Waals surface area contributed by atoms with Gasteiger partial charge in [0, 0.05) is 16.6 Å². The standard InChI is InChI=1S/C14H15NO2S/c1-9(2)14-12(16)5-10(6-13(14)17)3-4-11-7-15-8-18-11/h3-9,16-17H,1-2H3. The molecule has 1 aromatic heterocycles. The van der Waals surface area contributed by atoms with Gasteiger partial charge in [-0.15, -0.1) is 11.3 Å². The Balaban J connectivity index is 2.31. The van der Waals surface area contributed by atoms with Crippen LogP contribution in [0.15, 0.2) is 23.8 Å². The van der Waals surface area contributed by atoms with E-state index in [9.17, 15) is 10.2 Å². The second-order valence-electron chi connectivity index (χ2n) is 4.36. The Morgan fingerprint density at radius 2 is 1.83 bits per heavy atom. The number of benzene rings is 1. The third kappa shape index (κ3) is 2.71. The molecule has 18 heavy (non-hydrogen) atoms. The molecule has 2 aromatic rings. The molecule has 0 saturated carbocycles. The van der Waals surface area contributed by atoms with E-state index in [2.05, 4.69) is 4.98 Å². The zero-order valence-corrected chi connectivity index (χ0v) is 11.1. The Labute approximate surface area is 110 Å². The Morgan fingerprint density at radius 3 is 2.33 bits per heavy atom. The van der Waals surface area contributed by atoms with E-state index in [-0.39, 0.29) is 17.4 Å². The van der Waals surface area contributed by atoms with Crippen LogP contribution in [0.4, 0.5) is 0 Å². The number of hydrogen-bond acceptors (Lipinski definition) is 4. The molecule has 0 saturated heterocycles. The number of rotatable bonds is 3. The van der Waals surface area contributed by atoms with Crippen molar-refractivity contribution in [2.45, 2.75) is 19.8 Å². The monoisotopic (exact) mass is 261 g/mol. The van der Waals surface area contributed by atoms with Crippen LogP contribution in [-0.2, 0) is 0 Å². The molecule has 1 heterocycles. The first kappa shape index (κ1) is 12.6. The summed E-state index contributed by atoms with van der Waals surface area (Å²) in [5, 5.41) is 19.8. The molecular weight excluding hydrogens is 246 g/mol. The average molecular weight is 261 g/mol. The van der Waals surface area contributed by atoms with E-state index in [1.807, 2.05) is 26.0 Å². The molecule has 0 fully saturated rings. The minimum atomic E-state index is 0.0875. The predicted octanol–water partition coefficient (Wildman–Crippen LogP) is 3.85. The number of aromatic nitrogens is 1. The number of nitrogens with zero attached hydrogens (tertiary/aromatic N) is 1. The van der Waals surface area contributed by atoms with E-state index in [0.29, 0.717) is 5.56 Å². The van der Waals surface area contributed by atoms with E-state index < -0.39 is 0 Å². The normalized spacial score (nSPS) is 11.5. The quantitative estimate of drug-likeness (QED) is 0.882. The molecular formula is C14H15NO2S. The molecule has 0 atom stereocenters. The molecule has 2 rings (SSSR count). The van der Waals surface area contributed by atoms with Crippen LogP contribution in [0, 0.1) is 0 Å². The van der Waals surface area contributed by atoms with Crippen molar-refractivity contribution in [1.82, 2.24) is 4.98 Å². The van der Waals surface area contributed by atoms with Gasteiger partial charge in [0.25, 0.3) is 0 Å². The van der Waals surface area contributed by atoms with Crippen molar-refractivity contribution in [3.8, 4) is 11.5 Å². The van der Waals surface area contributed by atoms with Crippen molar-refractivity contribution < 1.29 is 10.2 Å². The first-order chi connectivity index (χ1) is 8.58. The predicted molar refractivity (Wildman–Crippen MR) is 74.9 cm³/mol. The maximum atomic E-state index is 9.90. The molecule has 0 aliphatic heterocycles. The number of aromatic hydroxyl groups is 2. The highest BCUT2D eigenvalue weighted by Crippen LogP contribution is 2.35. The highest BCUT2D eigenvalue weighted by Gasteiger charge is 2.12. The minimum Gasteiger partial charge on any atom is -0.507 e. The van der Waals surface area contributed by atoms with E-state index in [1.54, 1.807) is 23.8 Å². The first-order valence-electron chi connectivity index (χ1n) is 5.70. The molecule has 0 aliphatic rings. The maximum Gasteiger partial charge on any atom is 0.123 e. The summed E-state index contributed by atoms with van der Waals surface area (Å²) in [6.45, 7) is 3.86. The molecule has 0 unspecified atom stereocenters. The lowest BCUT2D eigenvalue weighted by molar-refractivity contribution is 0.433. The minimum absolute atomic E-state index is 0.0875. The number of phenols is 2. The Hall–Kier alpha value is -1.81. The van der Waals surface area contributed by atoms with Crippen LogP contribution >= 0.6 is 11.3 Å². The number of phenolic OH excluding ortho intramolecular Hbond substituents is 2. The van der Waals surface area contributed by atoms with E-state index >= 15 is 0 Å². The number of hydrogen-bond donors (Lipinski definition) is 2. The fraction of sp³-hybridized carbons (Fsp3) is 0.214. The van der Waals surface area contributed by atoms with Gasteiger partial charge >= 0.3 is 0 Å². The van der Waals surface area contributed by atoms with E-state index in [1.165, 1.54) is 11.3 Å². The first-order valence-corrected chi connectivity index (χ1v) is 6.58. The smallest absolute Gasteiger partial charge is 0.123 e. The van der Waals surface area contributed by atoms with Gasteiger partial charge in [-0.1, -0.05) is 19.9 Å². The zero-order chi connectivity index (χ0) is 13.1. The lowest BCUT2D eigenvalue weighted by atomic mass is 9.99.